The van der Waals surface area contributed by atoms with Crippen LogP contribution in [0.2, 0.25) is 5.02 Å². The molecule has 146 valence electrons. The van der Waals surface area contributed by atoms with Gasteiger partial charge in [-0.25, -0.2) is 4.98 Å². The van der Waals surface area contributed by atoms with Crippen LogP contribution < -0.4 is 0 Å². The number of carbonyl (C=O) groups excluding carboxylic acids is 1. The Bertz CT molecular complexity index is 977. The van der Waals surface area contributed by atoms with Gasteiger partial charge in [-0.2, -0.15) is 0 Å². The lowest BCUT2D eigenvalue weighted by atomic mass is 9.97. The maximum atomic E-state index is 12.9. The summed E-state index contributed by atoms with van der Waals surface area (Å²) in [6.45, 7) is 2.30. The molecule has 28 heavy (non-hydrogen) atoms. The molecule has 1 saturated heterocycles. The van der Waals surface area contributed by atoms with Crippen LogP contribution in [0, 0.1) is 5.92 Å². The van der Waals surface area contributed by atoms with Crippen LogP contribution in [-0.2, 0) is 11.2 Å². The van der Waals surface area contributed by atoms with Gasteiger partial charge in [-0.3, -0.25) is 4.79 Å². The molecular formula is C22H23ClN2O3. The van der Waals surface area contributed by atoms with Crippen LogP contribution in [0.5, 0.6) is 0 Å². The summed E-state index contributed by atoms with van der Waals surface area (Å²) in [4.78, 5) is 19.3. The topological polar surface area (TPSA) is 55.6 Å². The first kappa shape index (κ1) is 19.0. The number of fused-ring (bicyclic) bond motifs is 1. The SMILES string of the molecule is COCC1CCN(C(=O)c2ccc3nc(Cc4cccc(Cl)c4)oc3c2)CC1. The number of amides is 1. The van der Waals surface area contributed by atoms with E-state index in [1.54, 1.807) is 13.2 Å². The molecule has 0 radical (unpaired) electrons. The van der Waals surface area contributed by atoms with Crippen molar-refractivity contribution >= 4 is 28.6 Å². The van der Waals surface area contributed by atoms with Crippen LogP contribution in [-0.4, -0.2) is 42.6 Å². The molecule has 1 aliphatic heterocycles. The van der Waals surface area contributed by atoms with E-state index in [4.69, 9.17) is 20.8 Å². The number of aromatic nitrogens is 1. The molecule has 1 aliphatic rings. The van der Waals surface area contributed by atoms with E-state index in [-0.39, 0.29) is 5.91 Å². The summed E-state index contributed by atoms with van der Waals surface area (Å²) in [6.07, 6.45) is 2.52. The molecule has 0 spiro atoms. The summed E-state index contributed by atoms with van der Waals surface area (Å²) >= 11 is 6.05. The fourth-order valence-corrected chi connectivity index (χ4v) is 3.94. The molecule has 0 atom stereocenters. The predicted octanol–water partition coefficient (Wildman–Crippen LogP) is 4.57. The maximum absolute atomic E-state index is 12.9. The van der Waals surface area contributed by atoms with E-state index in [1.165, 1.54) is 0 Å². The third-order valence-electron chi connectivity index (χ3n) is 5.23. The third kappa shape index (κ3) is 4.21. The molecule has 2 aromatic carbocycles. The fraction of sp³-hybridized carbons (Fsp3) is 0.364. The zero-order valence-corrected chi connectivity index (χ0v) is 16.6. The molecule has 4 rings (SSSR count). The van der Waals surface area contributed by atoms with E-state index in [1.807, 2.05) is 41.3 Å². The van der Waals surface area contributed by atoms with Gasteiger partial charge in [0.1, 0.15) is 5.52 Å². The van der Waals surface area contributed by atoms with Gasteiger partial charge in [-0.05, 0) is 54.7 Å². The molecule has 1 aromatic heterocycles. The lowest BCUT2D eigenvalue weighted by Gasteiger charge is -2.31. The van der Waals surface area contributed by atoms with Crippen LogP contribution in [0.1, 0.15) is 34.7 Å². The van der Waals surface area contributed by atoms with Gasteiger partial charge in [0.15, 0.2) is 11.5 Å². The number of rotatable bonds is 5. The van der Waals surface area contributed by atoms with E-state index in [0.717, 1.165) is 43.6 Å². The maximum Gasteiger partial charge on any atom is 0.253 e. The molecule has 1 amide bonds. The molecule has 2 heterocycles. The lowest BCUT2D eigenvalue weighted by molar-refractivity contribution is 0.0613. The first-order chi connectivity index (χ1) is 13.6. The molecule has 0 N–H and O–H groups in total. The quantitative estimate of drug-likeness (QED) is 0.631. The Hall–Kier alpha value is -2.37. The minimum Gasteiger partial charge on any atom is -0.440 e. The Morgan fingerprint density at radius 3 is 2.82 bits per heavy atom. The second kappa shape index (κ2) is 8.33. The summed E-state index contributed by atoms with van der Waals surface area (Å²) in [6, 6.07) is 13.1. The highest BCUT2D eigenvalue weighted by Gasteiger charge is 2.24. The number of methoxy groups -OCH3 is 1. The second-order valence-corrected chi connectivity index (χ2v) is 7.72. The van der Waals surface area contributed by atoms with Crippen molar-refractivity contribution in [2.24, 2.45) is 5.92 Å². The molecule has 0 saturated carbocycles. The third-order valence-corrected chi connectivity index (χ3v) is 5.46. The number of piperidine rings is 1. The molecule has 0 aliphatic carbocycles. The van der Waals surface area contributed by atoms with Crippen molar-refractivity contribution in [3.63, 3.8) is 0 Å². The predicted molar refractivity (Wildman–Crippen MR) is 109 cm³/mol. The minimum atomic E-state index is 0.0468. The van der Waals surface area contributed by atoms with Crippen molar-refractivity contribution < 1.29 is 13.9 Å². The zero-order chi connectivity index (χ0) is 19.5. The zero-order valence-electron chi connectivity index (χ0n) is 15.9. The number of carbonyl (C=O) groups is 1. The fourth-order valence-electron chi connectivity index (χ4n) is 3.72. The molecule has 6 heteroatoms. The Kier molecular flexibility index (Phi) is 5.64. The number of ether oxygens (including phenoxy) is 1. The number of nitrogens with zero attached hydrogens (tertiary/aromatic N) is 2. The van der Waals surface area contributed by atoms with E-state index >= 15 is 0 Å². The Balaban J connectivity index is 1.48. The number of halogens is 1. The second-order valence-electron chi connectivity index (χ2n) is 7.29. The summed E-state index contributed by atoms with van der Waals surface area (Å²) in [5.74, 6) is 1.20. The number of oxazole rings is 1. The van der Waals surface area contributed by atoms with Crippen LogP contribution >= 0.6 is 11.6 Å². The highest BCUT2D eigenvalue weighted by Crippen LogP contribution is 2.23. The Morgan fingerprint density at radius 2 is 2.07 bits per heavy atom. The summed E-state index contributed by atoms with van der Waals surface area (Å²) in [7, 11) is 1.73. The average molecular weight is 399 g/mol. The molecule has 5 nitrogen and oxygen atoms in total. The Labute approximate surface area is 169 Å². The summed E-state index contributed by atoms with van der Waals surface area (Å²) in [5.41, 5.74) is 3.07. The monoisotopic (exact) mass is 398 g/mol. The molecule has 1 fully saturated rings. The van der Waals surface area contributed by atoms with Crippen molar-refractivity contribution in [1.82, 2.24) is 9.88 Å². The average Bonchev–Trinajstić information content (AvgIpc) is 3.09. The first-order valence-electron chi connectivity index (χ1n) is 9.54. The van der Waals surface area contributed by atoms with Crippen LogP contribution in [0.3, 0.4) is 0 Å². The lowest BCUT2D eigenvalue weighted by Crippen LogP contribution is -2.39. The Morgan fingerprint density at radius 1 is 1.25 bits per heavy atom. The number of benzene rings is 2. The van der Waals surface area contributed by atoms with Crippen molar-refractivity contribution in [3.8, 4) is 0 Å². The van der Waals surface area contributed by atoms with Gasteiger partial charge < -0.3 is 14.1 Å². The highest BCUT2D eigenvalue weighted by atomic mass is 35.5. The molecule has 3 aromatic rings. The molecule has 0 unspecified atom stereocenters. The van der Waals surface area contributed by atoms with Crippen molar-refractivity contribution in [1.29, 1.82) is 0 Å². The van der Waals surface area contributed by atoms with Gasteiger partial charge in [-0.1, -0.05) is 23.7 Å². The number of hydrogen-bond donors (Lipinski definition) is 0. The highest BCUT2D eigenvalue weighted by molar-refractivity contribution is 6.30. The standard InChI is InChI=1S/C22H23ClN2O3/c1-27-14-15-7-9-25(10-8-15)22(26)17-5-6-19-20(13-17)28-21(24-19)12-16-3-2-4-18(23)11-16/h2-6,11,13,15H,7-10,12,14H2,1H3. The number of hydrogen-bond acceptors (Lipinski definition) is 4. The van der Waals surface area contributed by atoms with Gasteiger partial charge in [-0.15, -0.1) is 0 Å². The van der Waals surface area contributed by atoms with Crippen molar-refractivity contribution in [2.75, 3.05) is 26.8 Å². The first-order valence-corrected chi connectivity index (χ1v) is 9.92. The van der Waals surface area contributed by atoms with E-state index in [0.29, 0.717) is 34.4 Å². The normalized spacial score (nSPS) is 15.3. The molecule has 0 bridgehead atoms. The summed E-state index contributed by atoms with van der Waals surface area (Å²) < 4.78 is 11.1. The summed E-state index contributed by atoms with van der Waals surface area (Å²) in [5, 5.41) is 0.691. The van der Waals surface area contributed by atoms with Gasteiger partial charge in [0.2, 0.25) is 0 Å². The van der Waals surface area contributed by atoms with E-state index in [2.05, 4.69) is 4.98 Å². The van der Waals surface area contributed by atoms with Crippen LogP contribution in [0.4, 0.5) is 0 Å². The largest absolute Gasteiger partial charge is 0.440 e. The van der Waals surface area contributed by atoms with Crippen LogP contribution in [0.25, 0.3) is 11.1 Å². The van der Waals surface area contributed by atoms with Gasteiger partial charge in [0, 0.05) is 43.8 Å². The van der Waals surface area contributed by atoms with Crippen molar-refractivity contribution in [2.45, 2.75) is 19.3 Å². The van der Waals surface area contributed by atoms with E-state index < -0.39 is 0 Å². The van der Waals surface area contributed by atoms with E-state index in [9.17, 15) is 4.79 Å². The van der Waals surface area contributed by atoms with Gasteiger partial charge in [0.25, 0.3) is 5.91 Å². The number of likely N-dealkylation sites (tertiary alicyclic amines) is 1. The van der Waals surface area contributed by atoms with Gasteiger partial charge in [0.05, 0.1) is 0 Å². The molecular weight excluding hydrogens is 376 g/mol. The van der Waals surface area contributed by atoms with Gasteiger partial charge >= 0.3 is 0 Å². The smallest absolute Gasteiger partial charge is 0.253 e. The minimum absolute atomic E-state index is 0.0468. The van der Waals surface area contributed by atoms with Crippen molar-refractivity contribution in [3.05, 3.63) is 64.5 Å². The van der Waals surface area contributed by atoms with Crippen LogP contribution in [0.15, 0.2) is 46.9 Å².